The Kier molecular flexibility index (Phi) is 6.31. The zero-order valence-corrected chi connectivity index (χ0v) is 12.0. The second-order valence-electron chi connectivity index (χ2n) is 3.74. The molecule has 0 unspecified atom stereocenters. The number of carbonyl (C=O) groups excluding carboxylic acids is 1. The van der Waals surface area contributed by atoms with Gasteiger partial charge in [-0.2, -0.15) is 0 Å². The first-order valence-corrected chi connectivity index (χ1v) is 6.39. The van der Waals surface area contributed by atoms with Crippen LogP contribution in [0.1, 0.15) is 5.56 Å². The van der Waals surface area contributed by atoms with Gasteiger partial charge in [-0.15, -0.1) is 0 Å². The molecule has 0 spiro atoms. The van der Waals surface area contributed by atoms with Gasteiger partial charge in [0.05, 0.1) is 6.61 Å². The normalized spacial score (nSPS) is 10.0. The topological polar surface area (TPSA) is 87.7 Å². The van der Waals surface area contributed by atoms with E-state index in [4.69, 9.17) is 9.84 Å². The Labute approximate surface area is 119 Å². The van der Waals surface area contributed by atoms with E-state index in [0.717, 1.165) is 10.0 Å². The molecule has 7 heteroatoms. The molecule has 2 amide bonds. The van der Waals surface area contributed by atoms with E-state index in [2.05, 4.69) is 26.6 Å². The molecule has 3 N–H and O–H groups in total. The van der Waals surface area contributed by atoms with E-state index in [0.29, 0.717) is 5.69 Å². The van der Waals surface area contributed by atoms with Crippen molar-refractivity contribution in [2.75, 3.05) is 25.1 Å². The lowest BCUT2D eigenvalue weighted by molar-refractivity contribution is -0.142. The third kappa shape index (κ3) is 5.71. The van der Waals surface area contributed by atoms with Crippen molar-refractivity contribution in [2.45, 2.75) is 6.92 Å². The first kappa shape index (κ1) is 15.5. The first-order valence-electron chi connectivity index (χ1n) is 5.60. The Morgan fingerprint density at radius 1 is 1.42 bits per heavy atom. The molecule has 0 heterocycles. The van der Waals surface area contributed by atoms with E-state index in [1.165, 1.54) is 0 Å². The molecule has 0 aromatic heterocycles. The smallest absolute Gasteiger partial charge is 0.329 e. The molecule has 19 heavy (non-hydrogen) atoms. The number of carbonyl (C=O) groups is 2. The molecular formula is C12H15BrN2O4. The van der Waals surface area contributed by atoms with Crippen molar-refractivity contribution >= 4 is 33.6 Å². The van der Waals surface area contributed by atoms with Crippen molar-refractivity contribution in [3.63, 3.8) is 0 Å². The molecule has 1 aromatic carbocycles. The summed E-state index contributed by atoms with van der Waals surface area (Å²) in [5.74, 6) is -1.03. The molecule has 0 bridgehead atoms. The predicted octanol–water partition coefficient (Wildman–Crippen LogP) is 1.98. The molecule has 0 aliphatic rings. The standard InChI is InChI=1S/C12H15BrN2O4/c1-8-9(13)3-2-4-10(8)15-12(18)14-5-6-19-7-11(16)17/h2-4H,5-7H2,1H3,(H,16,17)(H2,14,15,18). The number of hydrogen-bond donors (Lipinski definition) is 3. The van der Waals surface area contributed by atoms with Crippen LogP contribution in [0.5, 0.6) is 0 Å². The minimum atomic E-state index is -1.03. The number of hydrogen-bond acceptors (Lipinski definition) is 3. The van der Waals surface area contributed by atoms with Gasteiger partial charge in [-0.1, -0.05) is 22.0 Å². The molecule has 0 saturated carbocycles. The summed E-state index contributed by atoms with van der Waals surface area (Å²) in [6.45, 7) is 1.91. The Hall–Kier alpha value is -1.60. The van der Waals surface area contributed by atoms with Gasteiger partial charge < -0.3 is 20.5 Å². The van der Waals surface area contributed by atoms with Crippen LogP contribution in [-0.4, -0.2) is 36.9 Å². The lowest BCUT2D eigenvalue weighted by Crippen LogP contribution is -2.32. The van der Waals surface area contributed by atoms with Crippen LogP contribution in [0, 0.1) is 6.92 Å². The van der Waals surface area contributed by atoms with E-state index in [1.54, 1.807) is 6.07 Å². The number of carboxylic acid groups (broad SMARTS) is 1. The fourth-order valence-corrected chi connectivity index (χ4v) is 1.67. The largest absolute Gasteiger partial charge is 0.480 e. The second kappa shape index (κ2) is 7.75. The fraction of sp³-hybridized carbons (Fsp3) is 0.333. The van der Waals surface area contributed by atoms with Gasteiger partial charge in [-0.25, -0.2) is 9.59 Å². The quantitative estimate of drug-likeness (QED) is 0.696. The van der Waals surface area contributed by atoms with Gasteiger partial charge in [0.2, 0.25) is 0 Å². The van der Waals surface area contributed by atoms with Crippen LogP contribution >= 0.6 is 15.9 Å². The van der Waals surface area contributed by atoms with E-state index in [1.807, 2.05) is 19.1 Å². The zero-order chi connectivity index (χ0) is 14.3. The third-order valence-electron chi connectivity index (χ3n) is 2.27. The molecule has 104 valence electrons. The molecule has 1 aromatic rings. The molecule has 0 radical (unpaired) electrons. The number of anilines is 1. The summed E-state index contributed by atoms with van der Waals surface area (Å²) in [7, 11) is 0. The second-order valence-corrected chi connectivity index (χ2v) is 4.59. The summed E-state index contributed by atoms with van der Waals surface area (Å²) in [5, 5.41) is 13.6. The Balaban J connectivity index is 2.31. The highest BCUT2D eigenvalue weighted by Crippen LogP contribution is 2.23. The molecule has 0 aliphatic heterocycles. The van der Waals surface area contributed by atoms with Gasteiger partial charge in [0.15, 0.2) is 0 Å². The van der Waals surface area contributed by atoms with E-state index in [9.17, 15) is 9.59 Å². The van der Waals surface area contributed by atoms with Gasteiger partial charge >= 0.3 is 12.0 Å². The van der Waals surface area contributed by atoms with Crippen molar-refractivity contribution in [1.29, 1.82) is 0 Å². The number of benzene rings is 1. The van der Waals surface area contributed by atoms with Crippen molar-refractivity contribution in [3.05, 3.63) is 28.2 Å². The minimum absolute atomic E-state index is 0.150. The number of amides is 2. The number of nitrogens with one attached hydrogen (secondary N) is 2. The minimum Gasteiger partial charge on any atom is -0.480 e. The zero-order valence-electron chi connectivity index (χ0n) is 10.4. The summed E-state index contributed by atoms with van der Waals surface area (Å²) >= 11 is 3.38. The summed E-state index contributed by atoms with van der Waals surface area (Å²) in [5.41, 5.74) is 1.64. The molecule has 6 nitrogen and oxygen atoms in total. The molecule has 0 saturated heterocycles. The monoisotopic (exact) mass is 330 g/mol. The van der Waals surface area contributed by atoms with E-state index < -0.39 is 5.97 Å². The summed E-state index contributed by atoms with van der Waals surface area (Å²) in [6.07, 6.45) is 0. The van der Waals surface area contributed by atoms with Crippen molar-refractivity contribution < 1.29 is 19.4 Å². The fourth-order valence-electron chi connectivity index (χ4n) is 1.31. The van der Waals surface area contributed by atoms with Crippen LogP contribution in [0.3, 0.4) is 0 Å². The highest BCUT2D eigenvalue weighted by molar-refractivity contribution is 9.10. The summed E-state index contributed by atoms with van der Waals surface area (Å²) in [6, 6.07) is 5.14. The molecular weight excluding hydrogens is 316 g/mol. The van der Waals surface area contributed by atoms with Crippen LogP contribution in [0.2, 0.25) is 0 Å². The van der Waals surface area contributed by atoms with Gasteiger partial charge in [-0.3, -0.25) is 0 Å². The van der Waals surface area contributed by atoms with E-state index in [-0.39, 0.29) is 25.8 Å². The van der Waals surface area contributed by atoms with Gasteiger partial charge in [-0.05, 0) is 24.6 Å². The number of aliphatic carboxylic acids is 1. The van der Waals surface area contributed by atoms with Crippen molar-refractivity contribution in [2.24, 2.45) is 0 Å². The maximum absolute atomic E-state index is 11.6. The number of halogens is 1. The van der Waals surface area contributed by atoms with Crippen LogP contribution in [0.4, 0.5) is 10.5 Å². The van der Waals surface area contributed by atoms with Crippen LogP contribution < -0.4 is 10.6 Å². The lowest BCUT2D eigenvalue weighted by atomic mass is 10.2. The molecule has 1 rings (SSSR count). The number of urea groups is 1. The predicted molar refractivity (Wildman–Crippen MR) is 74.4 cm³/mol. The maximum Gasteiger partial charge on any atom is 0.329 e. The number of ether oxygens (including phenoxy) is 1. The maximum atomic E-state index is 11.6. The Morgan fingerprint density at radius 3 is 2.84 bits per heavy atom. The first-order chi connectivity index (χ1) is 9.00. The summed E-state index contributed by atoms with van der Waals surface area (Å²) < 4.78 is 5.70. The van der Waals surface area contributed by atoms with Gasteiger partial charge in [0, 0.05) is 16.7 Å². The van der Waals surface area contributed by atoms with Gasteiger partial charge in [0.1, 0.15) is 6.61 Å². The lowest BCUT2D eigenvalue weighted by Gasteiger charge is -2.10. The Morgan fingerprint density at radius 2 is 2.16 bits per heavy atom. The van der Waals surface area contributed by atoms with Crippen molar-refractivity contribution in [3.8, 4) is 0 Å². The average Bonchev–Trinajstić information content (AvgIpc) is 2.34. The van der Waals surface area contributed by atoms with Crippen molar-refractivity contribution in [1.82, 2.24) is 5.32 Å². The molecule has 0 atom stereocenters. The summed E-state index contributed by atoms with van der Waals surface area (Å²) in [4.78, 5) is 21.7. The number of rotatable bonds is 6. The third-order valence-corrected chi connectivity index (χ3v) is 3.13. The Bertz CT molecular complexity index is 465. The highest BCUT2D eigenvalue weighted by atomic mass is 79.9. The average molecular weight is 331 g/mol. The van der Waals surface area contributed by atoms with Crippen LogP contribution in [-0.2, 0) is 9.53 Å². The number of carboxylic acids is 1. The van der Waals surface area contributed by atoms with Gasteiger partial charge in [0.25, 0.3) is 0 Å². The highest BCUT2D eigenvalue weighted by Gasteiger charge is 2.05. The molecule has 0 fully saturated rings. The van der Waals surface area contributed by atoms with Crippen LogP contribution in [0.25, 0.3) is 0 Å². The van der Waals surface area contributed by atoms with E-state index >= 15 is 0 Å². The van der Waals surface area contributed by atoms with Crippen LogP contribution in [0.15, 0.2) is 22.7 Å². The SMILES string of the molecule is Cc1c(Br)cccc1NC(=O)NCCOCC(=O)O. The molecule has 0 aliphatic carbocycles.